The fourth-order valence-electron chi connectivity index (χ4n) is 1.79. The third-order valence-corrected chi connectivity index (χ3v) is 2.96. The lowest BCUT2D eigenvalue weighted by atomic mass is 10.1. The molecule has 92 valence electrons. The number of pyridine rings is 1. The third kappa shape index (κ3) is 2.61. The van der Waals surface area contributed by atoms with Gasteiger partial charge in [0.25, 0.3) is 0 Å². The molecule has 1 aromatic carbocycles. The first-order chi connectivity index (χ1) is 9.33. The van der Waals surface area contributed by atoms with E-state index in [1.165, 1.54) is 0 Å². The van der Waals surface area contributed by atoms with Gasteiger partial charge in [-0.25, -0.2) is 9.97 Å². The minimum absolute atomic E-state index is 0.666. The van der Waals surface area contributed by atoms with Crippen LogP contribution in [0, 0.1) is 0 Å². The van der Waals surface area contributed by atoms with E-state index in [0.29, 0.717) is 10.8 Å². The Kier molecular flexibility index (Phi) is 3.21. The molecule has 0 aliphatic rings. The molecule has 19 heavy (non-hydrogen) atoms. The number of benzene rings is 1. The standard InChI is InChI=1S/C15H10ClN3/c16-14-5-1-3-11(7-14)13-9-18-15(19-10-13)12-4-2-6-17-8-12/h1-10H. The van der Waals surface area contributed by atoms with E-state index in [1.54, 1.807) is 24.8 Å². The molecular formula is C15H10ClN3. The Bertz CT molecular complexity index is 681. The second-order valence-electron chi connectivity index (χ2n) is 4.05. The zero-order chi connectivity index (χ0) is 13.1. The molecule has 0 aliphatic heterocycles. The van der Waals surface area contributed by atoms with Gasteiger partial charge in [0.1, 0.15) is 0 Å². The van der Waals surface area contributed by atoms with Crippen LogP contribution in [-0.2, 0) is 0 Å². The summed E-state index contributed by atoms with van der Waals surface area (Å²) in [6.45, 7) is 0. The lowest BCUT2D eigenvalue weighted by molar-refractivity contribution is 1.17. The Labute approximate surface area is 116 Å². The summed E-state index contributed by atoms with van der Waals surface area (Å²) in [5, 5.41) is 0.703. The Morgan fingerprint density at radius 1 is 0.789 bits per heavy atom. The molecule has 0 unspecified atom stereocenters. The first-order valence-electron chi connectivity index (χ1n) is 5.81. The number of nitrogens with zero attached hydrogens (tertiary/aromatic N) is 3. The summed E-state index contributed by atoms with van der Waals surface area (Å²) in [7, 11) is 0. The Morgan fingerprint density at radius 2 is 1.58 bits per heavy atom. The van der Waals surface area contributed by atoms with Crippen molar-refractivity contribution in [1.29, 1.82) is 0 Å². The fraction of sp³-hybridized carbons (Fsp3) is 0. The highest BCUT2D eigenvalue weighted by Gasteiger charge is 2.03. The fourth-order valence-corrected chi connectivity index (χ4v) is 1.98. The minimum Gasteiger partial charge on any atom is -0.264 e. The van der Waals surface area contributed by atoms with Crippen LogP contribution in [0.25, 0.3) is 22.5 Å². The van der Waals surface area contributed by atoms with Crippen LogP contribution in [0.2, 0.25) is 5.02 Å². The van der Waals surface area contributed by atoms with Gasteiger partial charge >= 0.3 is 0 Å². The van der Waals surface area contributed by atoms with E-state index >= 15 is 0 Å². The average molecular weight is 268 g/mol. The first kappa shape index (κ1) is 11.8. The summed E-state index contributed by atoms with van der Waals surface area (Å²) in [5.41, 5.74) is 2.85. The van der Waals surface area contributed by atoms with Crippen molar-refractivity contribution in [1.82, 2.24) is 15.0 Å². The molecule has 3 aromatic rings. The van der Waals surface area contributed by atoms with Crippen LogP contribution in [0.4, 0.5) is 0 Å². The van der Waals surface area contributed by atoms with Crippen molar-refractivity contribution >= 4 is 11.6 Å². The maximum absolute atomic E-state index is 5.97. The monoisotopic (exact) mass is 267 g/mol. The van der Waals surface area contributed by atoms with Crippen LogP contribution in [-0.4, -0.2) is 15.0 Å². The average Bonchev–Trinajstić information content (AvgIpc) is 2.48. The topological polar surface area (TPSA) is 38.7 Å². The van der Waals surface area contributed by atoms with Crippen LogP contribution in [0.15, 0.2) is 61.2 Å². The summed E-state index contributed by atoms with van der Waals surface area (Å²) in [5.74, 6) is 0.666. The van der Waals surface area contributed by atoms with Gasteiger partial charge in [0, 0.05) is 40.9 Å². The van der Waals surface area contributed by atoms with Gasteiger partial charge in [-0.15, -0.1) is 0 Å². The molecule has 3 rings (SSSR count). The molecule has 0 fully saturated rings. The molecule has 0 amide bonds. The number of hydrogen-bond donors (Lipinski definition) is 0. The van der Waals surface area contributed by atoms with E-state index in [-0.39, 0.29) is 0 Å². The molecule has 0 radical (unpaired) electrons. The van der Waals surface area contributed by atoms with E-state index in [9.17, 15) is 0 Å². The molecule has 0 N–H and O–H groups in total. The second-order valence-corrected chi connectivity index (χ2v) is 4.48. The van der Waals surface area contributed by atoms with Crippen LogP contribution in [0.5, 0.6) is 0 Å². The minimum atomic E-state index is 0.666. The van der Waals surface area contributed by atoms with Gasteiger partial charge < -0.3 is 0 Å². The Morgan fingerprint density at radius 3 is 2.26 bits per heavy atom. The van der Waals surface area contributed by atoms with E-state index in [1.807, 2.05) is 36.4 Å². The third-order valence-electron chi connectivity index (χ3n) is 2.73. The van der Waals surface area contributed by atoms with E-state index in [4.69, 9.17) is 11.6 Å². The van der Waals surface area contributed by atoms with E-state index < -0.39 is 0 Å². The molecule has 0 spiro atoms. The zero-order valence-electron chi connectivity index (χ0n) is 9.99. The Balaban J connectivity index is 1.95. The lowest BCUT2D eigenvalue weighted by Gasteiger charge is -2.03. The second kappa shape index (κ2) is 5.16. The quantitative estimate of drug-likeness (QED) is 0.708. The number of halogens is 1. The van der Waals surface area contributed by atoms with Crippen LogP contribution < -0.4 is 0 Å². The number of hydrogen-bond acceptors (Lipinski definition) is 3. The molecule has 0 atom stereocenters. The van der Waals surface area contributed by atoms with Crippen molar-refractivity contribution in [2.45, 2.75) is 0 Å². The zero-order valence-corrected chi connectivity index (χ0v) is 10.7. The van der Waals surface area contributed by atoms with Gasteiger partial charge in [-0.3, -0.25) is 4.98 Å². The van der Waals surface area contributed by atoms with E-state index in [2.05, 4.69) is 15.0 Å². The largest absolute Gasteiger partial charge is 0.264 e. The normalized spacial score (nSPS) is 10.4. The van der Waals surface area contributed by atoms with Gasteiger partial charge in [0.15, 0.2) is 5.82 Å². The molecule has 2 heterocycles. The first-order valence-corrected chi connectivity index (χ1v) is 6.19. The highest BCUT2D eigenvalue weighted by atomic mass is 35.5. The van der Waals surface area contributed by atoms with Gasteiger partial charge in [-0.1, -0.05) is 23.7 Å². The van der Waals surface area contributed by atoms with Crippen molar-refractivity contribution in [3.05, 3.63) is 66.2 Å². The summed E-state index contributed by atoms with van der Waals surface area (Å²) >= 11 is 5.97. The maximum atomic E-state index is 5.97. The van der Waals surface area contributed by atoms with Crippen molar-refractivity contribution in [2.24, 2.45) is 0 Å². The van der Waals surface area contributed by atoms with Crippen molar-refractivity contribution in [3.63, 3.8) is 0 Å². The molecule has 0 saturated carbocycles. The van der Waals surface area contributed by atoms with Crippen LogP contribution in [0.1, 0.15) is 0 Å². The molecular weight excluding hydrogens is 258 g/mol. The lowest BCUT2D eigenvalue weighted by Crippen LogP contribution is -1.90. The van der Waals surface area contributed by atoms with Crippen LogP contribution in [0.3, 0.4) is 0 Å². The Hall–Kier alpha value is -2.26. The number of aromatic nitrogens is 3. The maximum Gasteiger partial charge on any atom is 0.160 e. The summed E-state index contributed by atoms with van der Waals surface area (Å²) in [6, 6.07) is 11.4. The summed E-state index contributed by atoms with van der Waals surface area (Å²) < 4.78 is 0. The highest BCUT2D eigenvalue weighted by Crippen LogP contribution is 2.22. The molecule has 0 saturated heterocycles. The van der Waals surface area contributed by atoms with Gasteiger partial charge in [0.05, 0.1) is 0 Å². The van der Waals surface area contributed by atoms with Crippen molar-refractivity contribution in [3.8, 4) is 22.5 Å². The highest BCUT2D eigenvalue weighted by molar-refractivity contribution is 6.30. The van der Waals surface area contributed by atoms with E-state index in [0.717, 1.165) is 16.7 Å². The number of rotatable bonds is 2. The molecule has 3 nitrogen and oxygen atoms in total. The molecule has 2 aromatic heterocycles. The molecule has 4 heteroatoms. The SMILES string of the molecule is Clc1cccc(-c2cnc(-c3cccnc3)nc2)c1. The van der Waals surface area contributed by atoms with Gasteiger partial charge in [-0.05, 0) is 29.8 Å². The summed E-state index contributed by atoms with van der Waals surface area (Å²) in [4.78, 5) is 12.8. The van der Waals surface area contributed by atoms with Gasteiger partial charge in [-0.2, -0.15) is 0 Å². The predicted octanol–water partition coefficient (Wildman–Crippen LogP) is 3.86. The predicted molar refractivity (Wildman–Crippen MR) is 75.7 cm³/mol. The van der Waals surface area contributed by atoms with Gasteiger partial charge in [0.2, 0.25) is 0 Å². The van der Waals surface area contributed by atoms with Crippen molar-refractivity contribution < 1.29 is 0 Å². The smallest absolute Gasteiger partial charge is 0.160 e. The summed E-state index contributed by atoms with van der Waals surface area (Å²) in [6.07, 6.45) is 7.06. The van der Waals surface area contributed by atoms with Crippen LogP contribution >= 0.6 is 11.6 Å². The van der Waals surface area contributed by atoms with Crippen molar-refractivity contribution in [2.75, 3.05) is 0 Å². The molecule has 0 bridgehead atoms. The molecule has 0 aliphatic carbocycles.